The summed E-state index contributed by atoms with van der Waals surface area (Å²) in [5, 5.41) is 0. The molecule has 0 saturated heterocycles. The van der Waals surface area contributed by atoms with Gasteiger partial charge in [0.25, 0.3) is 0 Å². The van der Waals surface area contributed by atoms with Crippen molar-refractivity contribution in [2.75, 3.05) is 0 Å². The molecule has 2 aromatic rings. The summed E-state index contributed by atoms with van der Waals surface area (Å²) >= 11 is 4.83. The van der Waals surface area contributed by atoms with Gasteiger partial charge in [-0.3, -0.25) is 0 Å². The predicted molar refractivity (Wildman–Crippen MR) is 70.4 cm³/mol. The fourth-order valence-electron chi connectivity index (χ4n) is 1.91. The minimum Gasteiger partial charge on any atom is -0.393 e. The third kappa shape index (κ3) is 2.33. The van der Waals surface area contributed by atoms with E-state index in [0.29, 0.717) is 35.4 Å². The molecule has 0 bridgehead atoms. The highest BCUT2D eigenvalue weighted by molar-refractivity contribution is 7.80. The van der Waals surface area contributed by atoms with Crippen LogP contribution in [-0.2, 0) is 13.0 Å². The molecule has 0 spiro atoms. The molecular formula is C12H13F2N3S. The van der Waals surface area contributed by atoms with Crippen molar-refractivity contribution in [2.24, 2.45) is 5.73 Å². The number of aryl methyl sites for hydroxylation is 2. The van der Waals surface area contributed by atoms with Gasteiger partial charge in [0.15, 0.2) is 11.6 Å². The lowest BCUT2D eigenvalue weighted by molar-refractivity contribution is 0.510. The number of benzene rings is 1. The predicted octanol–water partition coefficient (Wildman–Crippen LogP) is 2.55. The Kier molecular flexibility index (Phi) is 3.56. The fraction of sp³-hybridized carbons (Fsp3) is 0.333. The molecule has 0 amide bonds. The Balaban J connectivity index is 2.53. The number of hydrogen-bond donors (Lipinski definition) is 1. The Labute approximate surface area is 109 Å². The van der Waals surface area contributed by atoms with Crippen molar-refractivity contribution in [1.82, 2.24) is 9.55 Å². The van der Waals surface area contributed by atoms with Gasteiger partial charge in [-0.15, -0.1) is 0 Å². The zero-order chi connectivity index (χ0) is 13.3. The van der Waals surface area contributed by atoms with Gasteiger partial charge in [-0.2, -0.15) is 0 Å². The third-order valence-electron chi connectivity index (χ3n) is 2.77. The van der Waals surface area contributed by atoms with E-state index >= 15 is 0 Å². The normalized spacial score (nSPS) is 11.1. The third-order valence-corrected chi connectivity index (χ3v) is 2.97. The minimum atomic E-state index is -0.885. The molecule has 18 heavy (non-hydrogen) atoms. The van der Waals surface area contributed by atoms with Gasteiger partial charge in [0.2, 0.25) is 0 Å². The SMILES string of the molecule is CCc1nc2cc(F)c(F)cc2n1CCC(N)=S. The lowest BCUT2D eigenvalue weighted by atomic mass is 10.3. The summed E-state index contributed by atoms with van der Waals surface area (Å²) in [6.45, 7) is 2.46. The van der Waals surface area contributed by atoms with Crippen molar-refractivity contribution >= 4 is 28.2 Å². The zero-order valence-electron chi connectivity index (χ0n) is 9.91. The van der Waals surface area contributed by atoms with Crippen molar-refractivity contribution in [2.45, 2.75) is 26.3 Å². The molecule has 0 saturated carbocycles. The fourth-order valence-corrected chi connectivity index (χ4v) is 2.00. The average molecular weight is 269 g/mol. The monoisotopic (exact) mass is 269 g/mol. The Morgan fingerprint density at radius 3 is 2.67 bits per heavy atom. The van der Waals surface area contributed by atoms with Gasteiger partial charge in [-0.05, 0) is 0 Å². The maximum Gasteiger partial charge on any atom is 0.161 e. The second kappa shape index (κ2) is 4.97. The van der Waals surface area contributed by atoms with E-state index in [1.54, 1.807) is 0 Å². The lowest BCUT2D eigenvalue weighted by Gasteiger charge is -2.07. The van der Waals surface area contributed by atoms with E-state index in [9.17, 15) is 8.78 Å². The molecule has 2 N–H and O–H groups in total. The van der Waals surface area contributed by atoms with Crippen LogP contribution in [0.15, 0.2) is 12.1 Å². The number of thiocarbonyl (C=S) groups is 1. The number of rotatable bonds is 4. The molecule has 0 atom stereocenters. The first kappa shape index (κ1) is 12.9. The molecule has 2 rings (SSSR count). The summed E-state index contributed by atoms with van der Waals surface area (Å²) in [4.78, 5) is 4.67. The maximum absolute atomic E-state index is 13.3. The quantitative estimate of drug-likeness (QED) is 0.867. The molecule has 0 unspecified atom stereocenters. The standard InChI is InChI=1S/C12H13F2N3S/c1-2-12-16-9-5-7(13)8(14)6-10(9)17(12)4-3-11(15)18/h5-6H,2-4H2,1H3,(H2,15,18). The molecular weight excluding hydrogens is 256 g/mol. The van der Waals surface area contributed by atoms with Gasteiger partial charge in [0.05, 0.1) is 16.0 Å². The van der Waals surface area contributed by atoms with Crippen LogP contribution in [0.3, 0.4) is 0 Å². The summed E-state index contributed by atoms with van der Waals surface area (Å²) in [5.41, 5.74) is 6.49. The molecule has 0 aliphatic carbocycles. The van der Waals surface area contributed by atoms with Crippen LogP contribution in [0.1, 0.15) is 19.2 Å². The largest absolute Gasteiger partial charge is 0.393 e. The molecule has 6 heteroatoms. The molecule has 0 radical (unpaired) electrons. The zero-order valence-corrected chi connectivity index (χ0v) is 10.7. The van der Waals surface area contributed by atoms with Crippen LogP contribution in [-0.4, -0.2) is 14.5 Å². The summed E-state index contributed by atoms with van der Waals surface area (Å²) in [6, 6.07) is 2.28. The Morgan fingerprint density at radius 1 is 1.39 bits per heavy atom. The number of fused-ring (bicyclic) bond motifs is 1. The first-order chi connectivity index (χ1) is 8.52. The smallest absolute Gasteiger partial charge is 0.161 e. The molecule has 1 aromatic carbocycles. The molecule has 0 fully saturated rings. The summed E-state index contributed by atoms with van der Waals surface area (Å²) in [5.74, 6) is -0.989. The highest BCUT2D eigenvalue weighted by Gasteiger charge is 2.13. The van der Waals surface area contributed by atoms with Gasteiger partial charge in [-0.25, -0.2) is 13.8 Å². The summed E-state index contributed by atoms with van der Waals surface area (Å²) < 4.78 is 28.2. The van der Waals surface area contributed by atoms with Gasteiger partial charge in [0.1, 0.15) is 5.82 Å². The lowest BCUT2D eigenvalue weighted by Crippen LogP contribution is -2.13. The van der Waals surface area contributed by atoms with Crippen molar-refractivity contribution < 1.29 is 8.78 Å². The highest BCUT2D eigenvalue weighted by atomic mass is 32.1. The first-order valence-electron chi connectivity index (χ1n) is 5.65. The van der Waals surface area contributed by atoms with Crippen LogP contribution < -0.4 is 5.73 Å². The van der Waals surface area contributed by atoms with Crippen LogP contribution in [0.5, 0.6) is 0 Å². The van der Waals surface area contributed by atoms with E-state index in [0.717, 1.165) is 18.0 Å². The number of nitrogens with two attached hydrogens (primary N) is 1. The number of nitrogens with zero attached hydrogens (tertiary/aromatic N) is 2. The van der Waals surface area contributed by atoms with Crippen molar-refractivity contribution in [3.8, 4) is 0 Å². The van der Waals surface area contributed by atoms with Crippen molar-refractivity contribution in [1.29, 1.82) is 0 Å². The number of imidazole rings is 1. The van der Waals surface area contributed by atoms with Crippen LogP contribution in [0.4, 0.5) is 8.78 Å². The van der Waals surface area contributed by atoms with Gasteiger partial charge < -0.3 is 10.3 Å². The second-order valence-corrected chi connectivity index (χ2v) is 4.53. The molecule has 3 nitrogen and oxygen atoms in total. The summed E-state index contributed by atoms with van der Waals surface area (Å²) in [7, 11) is 0. The van der Waals surface area contributed by atoms with Gasteiger partial charge >= 0.3 is 0 Å². The number of aromatic nitrogens is 2. The topological polar surface area (TPSA) is 43.8 Å². The van der Waals surface area contributed by atoms with Crippen LogP contribution in [0, 0.1) is 11.6 Å². The van der Waals surface area contributed by atoms with Crippen molar-refractivity contribution in [3.63, 3.8) is 0 Å². The Morgan fingerprint density at radius 2 is 2.06 bits per heavy atom. The van der Waals surface area contributed by atoms with Crippen molar-refractivity contribution in [3.05, 3.63) is 29.6 Å². The summed E-state index contributed by atoms with van der Waals surface area (Å²) in [6.07, 6.45) is 1.18. The maximum atomic E-state index is 13.3. The highest BCUT2D eigenvalue weighted by Crippen LogP contribution is 2.20. The number of hydrogen-bond acceptors (Lipinski definition) is 2. The minimum absolute atomic E-state index is 0.390. The van der Waals surface area contributed by atoms with E-state index in [2.05, 4.69) is 4.98 Å². The van der Waals surface area contributed by atoms with E-state index in [-0.39, 0.29) is 0 Å². The average Bonchev–Trinajstić information content (AvgIpc) is 2.64. The Hall–Kier alpha value is -1.56. The van der Waals surface area contributed by atoms with Crippen LogP contribution in [0.2, 0.25) is 0 Å². The molecule has 0 aliphatic heterocycles. The molecule has 96 valence electrons. The molecule has 0 aliphatic rings. The van der Waals surface area contributed by atoms with E-state index in [1.807, 2.05) is 11.5 Å². The molecule has 1 heterocycles. The number of halogens is 2. The first-order valence-corrected chi connectivity index (χ1v) is 6.06. The van der Waals surface area contributed by atoms with Gasteiger partial charge in [0, 0.05) is 31.5 Å². The van der Waals surface area contributed by atoms with Crippen LogP contribution >= 0.6 is 12.2 Å². The Bertz CT molecular complexity index is 607. The molecule has 1 aromatic heterocycles. The van der Waals surface area contributed by atoms with E-state index in [4.69, 9.17) is 18.0 Å². The van der Waals surface area contributed by atoms with Crippen LogP contribution in [0.25, 0.3) is 11.0 Å². The van der Waals surface area contributed by atoms with E-state index in [1.165, 1.54) is 0 Å². The second-order valence-electron chi connectivity index (χ2n) is 4.00. The van der Waals surface area contributed by atoms with E-state index < -0.39 is 11.6 Å². The van der Waals surface area contributed by atoms with Gasteiger partial charge in [-0.1, -0.05) is 19.1 Å².